The molecule has 2 N–H and O–H groups in total. The molecule has 0 atom stereocenters. The second kappa shape index (κ2) is 6.53. The fraction of sp³-hybridized carbons (Fsp3) is 0.412. The number of anilines is 1. The molecule has 1 aromatic carbocycles. The van der Waals surface area contributed by atoms with Gasteiger partial charge in [-0.3, -0.25) is 9.48 Å². The van der Waals surface area contributed by atoms with Crippen molar-refractivity contribution in [3.8, 4) is 0 Å². The van der Waals surface area contributed by atoms with E-state index in [0.29, 0.717) is 30.0 Å². The molecular formula is C17H20ClFN4O. The Morgan fingerprint density at radius 1 is 1.42 bits per heavy atom. The van der Waals surface area contributed by atoms with E-state index in [1.807, 2.05) is 13.1 Å². The summed E-state index contributed by atoms with van der Waals surface area (Å²) in [4.78, 5) is 12.6. The molecule has 24 heavy (non-hydrogen) atoms. The molecule has 0 bridgehead atoms. The van der Waals surface area contributed by atoms with Crippen molar-refractivity contribution in [1.82, 2.24) is 15.1 Å². The van der Waals surface area contributed by atoms with Gasteiger partial charge in [-0.15, -0.1) is 12.4 Å². The van der Waals surface area contributed by atoms with E-state index in [1.165, 1.54) is 0 Å². The number of rotatable bonds is 3. The number of halogens is 2. The molecule has 5 nitrogen and oxygen atoms in total. The van der Waals surface area contributed by atoms with E-state index in [4.69, 9.17) is 0 Å². The number of carbonyl (C=O) groups is 1. The number of amides is 1. The van der Waals surface area contributed by atoms with Crippen molar-refractivity contribution in [1.29, 1.82) is 0 Å². The number of aryl methyl sites for hydroxylation is 1. The third-order valence-electron chi connectivity index (χ3n) is 4.65. The Labute approximate surface area is 146 Å². The van der Waals surface area contributed by atoms with Gasteiger partial charge in [0, 0.05) is 19.5 Å². The zero-order valence-electron chi connectivity index (χ0n) is 13.4. The van der Waals surface area contributed by atoms with Gasteiger partial charge in [-0.25, -0.2) is 4.39 Å². The lowest BCUT2D eigenvalue weighted by molar-refractivity contribution is 0.102. The SMILES string of the molecule is Cl.Cn1ncc(C(=O)Nc2ccc3c(c2F)CCNC3)c1C1CC1. The normalized spacial score (nSPS) is 16.2. The van der Waals surface area contributed by atoms with E-state index in [-0.39, 0.29) is 29.8 Å². The van der Waals surface area contributed by atoms with Gasteiger partial charge in [0.15, 0.2) is 0 Å². The third kappa shape index (κ3) is 2.91. The highest BCUT2D eigenvalue weighted by Crippen LogP contribution is 2.41. The molecular weight excluding hydrogens is 331 g/mol. The standard InChI is InChI=1S/C17H19FN4O.ClH/c1-22-16(10-2-3-10)13(9-20-22)17(23)21-14-5-4-11-8-19-7-6-12(11)15(14)18;/h4-5,9-10,19H,2-3,6-8H2,1H3,(H,21,23);1H. The number of fused-ring (bicyclic) bond motifs is 1. The van der Waals surface area contributed by atoms with Crippen molar-refractivity contribution in [2.75, 3.05) is 11.9 Å². The first-order valence-electron chi connectivity index (χ1n) is 7.99. The topological polar surface area (TPSA) is 59.0 Å². The number of hydrogen-bond donors (Lipinski definition) is 2. The van der Waals surface area contributed by atoms with Gasteiger partial charge < -0.3 is 10.6 Å². The predicted octanol–water partition coefficient (Wildman–Crippen LogP) is 2.76. The maximum Gasteiger partial charge on any atom is 0.259 e. The summed E-state index contributed by atoms with van der Waals surface area (Å²) in [7, 11) is 1.84. The summed E-state index contributed by atoms with van der Waals surface area (Å²) >= 11 is 0. The van der Waals surface area contributed by atoms with Crippen molar-refractivity contribution in [2.45, 2.75) is 31.7 Å². The summed E-state index contributed by atoms with van der Waals surface area (Å²) in [5.41, 5.74) is 3.42. The quantitative estimate of drug-likeness (QED) is 0.895. The lowest BCUT2D eigenvalue weighted by Gasteiger charge is -2.19. The van der Waals surface area contributed by atoms with Crippen molar-refractivity contribution in [3.05, 3.63) is 46.5 Å². The van der Waals surface area contributed by atoms with Gasteiger partial charge in [-0.2, -0.15) is 5.10 Å². The van der Waals surface area contributed by atoms with Crippen molar-refractivity contribution < 1.29 is 9.18 Å². The van der Waals surface area contributed by atoms with E-state index in [2.05, 4.69) is 15.7 Å². The highest BCUT2D eigenvalue weighted by atomic mass is 35.5. The maximum absolute atomic E-state index is 14.6. The number of nitrogens with zero attached hydrogens (tertiary/aromatic N) is 2. The molecule has 2 aromatic rings. The van der Waals surface area contributed by atoms with Gasteiger partial charge in [-0.1, -0.05) is 6.07 Å². The minimum absolute atomic E-state index is 0. The van der Waals surface area contributed by atoms with Crippen LogP contribution in [0.5, 0.6) is 0 Å². The molecule has 128 valence electrons. The van der Waals surface area contributed by atoms with Crippen LogP contribution in [0.15, 0.2) is 18.3 Å². The van der Waals surface area contributed by atoms with Crippen molar-refractivity contribution in [2.24, 2.45) is 7.05 Å². The van der Waals surface area contributed by atoms with Crippen LogP contribution in [0.4, 0.5) is 10.1 Å². The average molecular weight is 351 g/mol. The van der Waals surface area contributed by atoms with Crippen LogP contribution in [0, 0.1) is 5.82 Å². The molecule has 0 radical (unpaired) electrons. The Balaban J connectivity index is 0.00000169. The van der Waals surface area contributed by atoms with Crippen LogP contribution in [0.3, 0.4) is 0 Å². The smallest absolute Gasteiger partial charge is 0.259 e. The van der Waals surface area contributed by atoms with E-state index < -0.39 is 0 Å². The minimum Gasteiger partial charge on any atom is -0.319 e. The van der Waals surface area contributed by atoms with Crippen molar-refractivity contribution >= 4 is 24.0 Å². The number of aromatic nitrogens is 2. The second-order valence-electron chi connectivity index (χ2n) is 6.29. The monoisotopic (exact) mass is 350 g/mol. The Kier molecular flexibility index (Phi) is 4.60. The Morgan fingerprint density at radius 3 is 2.96 bits per heavy atom. The van der Waals surface area contributed by atoms with E-state index >= 15 is 0 Å². The van der Waals surface area contributed by atoms with Gasteiger partial charge in [0.1, 0.15) is 5.82 Å². The highest BCUT2D eigenvalue weighted by molar-refractivity contribution is 6.05. The Hall–Kier alpha value is -1.92. The zero-order chi connectivity index (χ0) is 16.0. The van der Waals surface area contributed by atoms with Gasteiger partial charge in [0.25, 0.3) is 5.91 Å². The average Bonchev–Trinajstić information content (AvgIpc) is 3.32. The number of nitrogens with one attached hydrogen (secondary N) is 2. The number of hydrogen-bond acceptors (Lipinski definition) is 3. The molecule has 2 aliphatic rings. The second-order valence-corrected chi connectivity index (χ2v) is 6.29. The first-order valence-corrected chi connectivity index (χ1v) is 7.99. The van der Waals surface area contributed by atoms with Crippen LogP contribution in [0.1, 0.15) is 45.9 Å². The zero-order valence-corrected chi connectivity index (χ0v) is 14.3. The molecule has 1 saturated carbocycles. The minimum atomic E-state index is -0.311. The summed E-state index contributed by atoms with van der Waals surface area (Å²) in [6.07, 6.45) is 4.38. The van der Waals surface area contributed by atoms with Crippen LogP contribution in [-0.2, 0) is 20.0 Å². The number of carbonyl (C=O) groups excluding carboxylic acids is 1. The Bertz CT molecular complexity index is 785. The van der Waals surface area contributed by atoms with Gasteiger partial charge in [0.05, 0.1) is 23.1 Å². The molecule has 1 aliphatic carbocycles. The lowest BCUT2D eigenvalue weighted by atomic mass is 9.99. The highest BCUT2D eigenvalue weighted by Gasteiger charge is 2.31. The molecule has 1 aliphatic heterocycles. The van der Waals surface area contributed by atoms with Crippen molar-refractivity contribution in [3.63, 3.8) is 0 Å². The molecule has 1 aromatic heterocycles. The third-order valence-corrected chi connectivity index (χ3v) is 4.65. The summed E-state index contributed by atoms with van der Waals surface area (Å²) in [6.45, 7) is 1.44. The lowest BCUT2D eigenvalue weighted by Crippen LogP contribution is -2.25. The maximum atomic E-state index is 14.6. The molecule has 2 heterocycles. The van der Waals surface area contributed by atoms with Crippen LogP contribution in [0.2, 0.25) is 0 Å². The fourth-order valence-electron chi connectivity index (χ4n) is 3.28. The largest absolute Gasteiger partial charge is 0.319 e. The van der Waals surface area contributed by atoms with Crippen LogP contribution < -0.4 is 10.6 Å². The molecule has 4 rings (SSSR count). The molecule has 7 heteroatoms. The van der Waals surface area contributed by atoms with Gasteiger partial charge in [-0.05, 0) is 43.0 Å². The van der Waals surface area contributed by atoms with Gasteiger partial charge >= 0.3 is 0 Å². The predicted molar refractivity (Wildman–Crippen MR) is 92.2 cm³/mol. The summed E-state index contributed by atoms with van der Waals surface area (Å²) in [5, 5.41) is 10.1. The first-order chi connectivity index (χ1) is 11.1. The summed E-state index contributed by atoms with van der Waals surface area (Å²) < 4.78 is 16.4. The van der Waals surface area contributed by atoms with Gasteiger partial charge in [0.2, 0.25) is 0 Å². The van der Waals surface area contributed by atoms with E-state index in [0.717, 1.165) is 30.6 Å². The fourth-order valence-corrected chi connectivity index (χ4v) is 3.28. The van der Waals surface area contributed by atoms with Crippen LogP contribution >= 0.6 is 12.4 Å². The Morgan fingerprint density at radius 2 is 2.21 bits per heavy atom. The molecule has 0 unspecified atom stereocenters. The van der Waals surface area contributed by atoms with Crippen LogP contribution in [0.25, 0.3) is 0 Å². The molecule has 0 spiro atoms. The molecule has 1 amide bonds. The van der Waals surface area contributed by atoms with Crippen LogP contribution in [-0.4, -0.2) is 22.2 Å². The summed E-state index contributed by atoms with van der Waals surface area (Å²) in [6, 6.07) is 3.53. The molecule has 1 fully saturated rings. The van der Waals surface area contributed by atoms with E-state index in [1.54, 1.807) is 16.9 Å². The first kappa shape index (κ1) is 16.9. The van der Waals surface area contributed by atoms with E-state index in [9.17, 15) is 9.18 Å². The summed E-state index contributed by atoms with van der Waals surface area (Å²) in [5.74, 6) is -0.190. The number of benzene rings is 1. The molecule has 0 saturated heterocycles.